The Kier molecular flexibility index (Phi) is 9.66. The smallest absolute Gasteiger partial charge is 0.269 e. The van der Waals surface area contributed by atoms with Crippen LogP contribution in [0.4, 0.5) is 15.8 Å². The van der Waals surface area contributed by atoms with Crippen LogP contribution in [0.5, 0.6) is 0 Å². The maximum atomic E-state index is 13.1. The number of piperazine rings is 1. The maximum Gasteiger partial charge on any atom is 0.269 e. The number of nitrogens with zero attached hydrogens (tertiary/aromatic N) is 5. The third-order valence-electron chi connectivity index (χ3n) is 5.88. The second-order valence-corrected chi connectivity index (χ2v) is 7.99. The quantitative estimate of drug-likeness (QED) is 0.353. The van der Waals surface area contributed by atoms with E-state index in [2.05, 4.69) is 9.80 Å². The molecule has 1 aromatic heterocycles. The lowest BCUT2D eigenvalue weighted by atomic mass is 10.2. The van der Waals surface area contributed by atoms with Crippen molar-refractivity contribution < 1.29 is 9.31 Å². The molecule has 0 spiro atoms. The van der Waals surface area contributed by atoms with Crippen molar-refractivity contribution in [3.05, 3.63) is 86.6 Å². The molecular formula is C23H28Cl2FN5O3. The van der Waals surface area contributed by atoms with Crippen molar-refractivity contribution in [1.82, 2.24) is 14.3 Å². The zero-order valence-electron chi connectivity index (χ0n) is 18.8. The minimum atomic E-state index is -0.435. The third-order valence-corrected chi connectivity index (χ3v) is 5.88. The van der Waals surface area contributed by atoms with Crippen LogP contribution in [-0.4, -0.2) is 51.9 Å². The largest absolute Gasteiger partial charge is 0.369 e. The lowest BCUT2D eigenvalue weighted by Crippen LogP contribution is -2.46. The summed E-state index contributed by atoms with van der Waals surface area (Å²) in [4.78, 5) is 27.6. The molecule has 0 amide bonds. The van der Waals surface area contributed by atoms with Gasteiger partial charge in [-0.1, -0.05) is 0 Å². The fourth-order valence-electron chi connectivity index (χ4n) is 4.20. The van der Waals surface area contributed by atoms with Crippen molar-refractivity contribution in [2.45, 2.75) is 19.9 Å². The summed E-state index contributed by atoms with van der Waals surface area (Å²) in [6, 6.07) is 14.4. The molecule has 11 heteroatoms. The highest BCUT2D eigenvalue weighted by molar-refractivity contribution is 5.85. The number of hydrogen-bond donors (Lipinski definition) is 0. The first-order valence-corrected chi connectivity index (χ1v) is 10.7. The summed E-state index contributed by atoms with van der Waals surface area (Å²) in [5, 5.41) is 10.9. The highest BCUT2D eigenvalue weighted by Gasteiger charge is 2.18. The summed E-state index contributed by atoms with van der Waals surface area (Å²) in [5.74, 6) is -0.226. The maximum absolute atomic E-state index is 13.1. The number of nitro benzene ring substituents is 1. The Bertz CT molecular complexity index is 1140. The number of hydrogen-bond acceptors (Lipinski definition) is 5. The van der Waals surface area contributed by atoms with E-state index in [4.69, 9.17) is 0 Å². The number of benzene rings is 2. The summed E-state index contributed by atoms with van der Waals surface area (Å²) in [7, 11) is 0. The fraction of sp³-hybridized carbons (Fsp3) is 0.348. The average Bonchev–Trinajstić information content (AvgIpc) is 3.07. The van der Waals surface area contributed by atoms with Gasteiger partial charge in [-0.3, -0.25) is 24.5 Å². The van der Waals surface area contributed by atoms with Gasteiger partial charge in [-0.2, -0.15) is 0 Å². The Morgan fingerprint density at radius 3 is 2.09 bits per heavy atom. The minimum Gasteiger partial charge on any atom is -0.369 e. The van der Waals surface area contributed by atoms with Gasteiger partial charge in [-0.05, 0) is 49.7 Å². The number of nitro groups is 1. The normalized spacial score (nSPS) is 13.8. The molecule has 0 unspecified atom stereocenters. The van der Waals surface area contributed by atoms with Crippen LogP contribution in [0.1, 0.15) is 12.1 Å². The highest BCUT2D eigenvalue weighted by Crippen LogP contribution is 2.18. The zero-order chi connectivity index (χ0) is 22.7. The van der Waals surface area contributed by atoms with Gasteiger partial charge in [-0.15, -0.1) is 24.8 Å². The molecule has 0 aliphatic carbocycles. The number of aryl methyl sites for hydroxylation is 1. The van der Waals surface area contributed by atoms with E-state index in [-0.39, 0.29) is 41.9 Å². The average molecular weight is 512 g/mol. The second kappa shape index (κ2) is 12.0. The molecule has 0 saturated carbocycles. The van der Waals surface area contributed by atoms with Crippen molar-refractivity contribution in [3.63, 3.8) is 0 Å². The molecule has 2 heterocycles. The zero-order valence-corrected chi connectivity index (χ0v) is 20.4. The van der Waals surface area contributed by atoms with Crippen LogP contribution in [0, 0.1) is 22.9 Å². The van der Waals surface area contributed by atoms with Gasteiger partial charge in [0.1, 0.15) is 5.82 Å². The molecule has 184 valence electrons. The number of aromatic nitrogens is 2. The van der Waals surface area contributed by atoms with Gasteiger partial charge in [0.05, 0.1) is 10.6 Å². The van der Waals surface area contributed by atoms with Crippen LogP contribution in [0.15, 0.2) is 59.4 Å². The van der Waals surface area contributed by atoms with Gasteiger partial charge in [0.2, 0.25) is 0 Å². The highest BCUT2D eigenvalue weighted by atomic mass is 35.5. The van der Waals surface area contributed by atoms with Crippen molar-refractivity contribution >= 4 is 36.2 Å². The molecule has 1 saturated heterocycles. The van der Waals surface area contributed by atoms with Crippen molar-refractivity contribution in [2.75, 3.05) is 37.6 Å². The molecule has 0 bridgehead atoms. The molecule has 0 N–H and O–H groups in total. The van der Waals surface area contributed by atoms with Gasteiger partial charge >= 0.3 is 0 Å². The van der Waals surface area contributed by atoms with E-state index < -0.39 is 4.92 Å². The Labute approximate surface area is 209 Å². The van der Waals surface area contributed by atoms with E-state index in [1.54, 1.807) is 22.9 Å². The van der Waals surface area contributed by atoms with Crippen LogP contribution >= 0.6 is 24.8 Å². The molecule has 8 nitrogen and oxygen atoms in total. The Hall–Kier alpha value is -2.88. The molecular weight excluding hydrogens is 484 g/mol. The standard InChI is InChI=1S/C23H26FN5O3.2ClH/c1-18-17-23(30)27(28(18)21-7-9-22(10-8-21)29(31)32)12-2-11-25-13-15-26(16-14-25)20-5-3-19(24)4-6-20;;/h3-10,17H,2,11-16H2,1H3;2*1H. The molecule has 1 fully saturated rings. The first-order valence-electron chi connectivity index (χ1n) is 10.7. The number of rotatable bonds is 7. The van der Waals surface area contributed by atoms with Crippen LogP contribution in [0.2, 0.25) is 0 Å². The molecule has 0 atom stereocenters. The van der Waals surface area contributed by atoms with Gasteiger partial charge in [-0.25, -0.2) is 9.07 Å². The predicted octanol–water partition coefficient (Wildman–Crippen LogP) is 4.05. The summed E-state index contributed by atoms with van der Waals surface area (Å²) in [5.41, 5.74) is 2.49. The lowest BCUT2D eigenvalue weighted by Gasteiger charge is -2.36. The van der Waals surface area contributed by atoms with E-state index >= 15 is 0 Å². The number of anilines is 1. The van der Waals surface area contributed by atoms with Crippen LogP contribution < -0.4 is 10.5 Å². The molecule has 2 aromatic carbocycles. The summed E-state index contributed by atoms with van der Waals surface area (Å²) in [6.45, 7) is 6.86. The Balaban J connectivity index is 0.00000204. The summed E-state index contributed by atoms with van der Waals surface area (Å²) in [6.07, 6.45) is 0.812. The fourth-order valence-corrected chi connectivity index (χ4v) is 4.20. The van der Waals surface area contributed by atoms with E-state index in [1.807, 2.05) is 23.7 Å². The summed E-state index contributed by atoms with van der Waals surface area (Å²) >= 11 is 0. The topological polar surface area (TPSA) is 76.5 Å². The molecule has 4 rings (SSSR count). The molecule has 0 radical (unpaired) electrons. The number of non-ortho nitro benzene ring substituents is 1. The summed E-state index contributed by atoms with van der Waals surface area (Å²) < 4.78 is 16.6. The Morgan fingerprint density at radius 1 is 0.912 bits per heavy atom. The Morgan fingerprint density at radius 2 is 1.50 bits per heavy atom. The van der Waals surface area contributed by atoms with Crippen molar-refractivity contribution in [1.29, 1.82) is 0 Å². The van der Waals surface area contributed by atoms with E-state index in [0.717, 1.165) is 56.2 Å². The first kappa shape index (κ1) is 27.4. The molecule has 1 aliphatic rings. The first-order chi connectivity index (χ1) is 15.4. The molecule has 3 aromatic rings. The van der Waals surface area contributed by atoms with Gasteiger partial charge in [0, 0.05) is 68.8 Å². The van der Waals surface area contributed by atoms with Crippen molar-refractivity contribution in [3.8, 4) is 5.69 Å². The lowest BCUT2D eigenvalue weighted by molar-refractivity contribution is -0.384. The molecule has 1 aliphatic heterocycles. The van der Waals surface area contributed by atoms with Crippen LogP contribution in [-0.2, 0) is 6.54 Å². The van der Waals surface area contributed by atoms with Gasteiger partial charge < -0.3 is 4.90 Å². The minimum absolute atomic E-state index is 0. The molecule has 34 heavy (non-hydrogen) atoms. The van der Waals surface area contributed by atoms with Crippen molar-refractivity contribution in [2.24, 2.45) is 0 Å². The van der Waals surface area contributed by atoms with Gasteiger partial charge in [0.25, 0.3) is 11.2 Å². The van der Waals surface area contributed by atoms with Crippen LogP contribution in [0.25, 0.3) is 5.69 Å². The number of halogens is 3. The SMILES string of the molecule is Cc1cc(=O)n(CCCN2CCN(c3ccc(F)cc3)CC2)n1-c1ccc([N+](=O)[O-])cc1.Cl.Cl. The van der Waals surface area contributed by atoms with E-state index in [0.29, 0.717) is 6.54 Å². The predicted molar refractivity (Wildman–Crippen MR) is 136 cm³/mol. The third kappa shape index (κ3) is 6.16. The monoisotopic (exact) mass is 511 g/mol. The van der Waals surface area contributed by atoms with E-state index in [9.17, 15) is 19.3 Å². The van der Waals surface area contributed by atoms with Crippen LogP contribution in [0.3, 0.4) is 0 Å². The second-order valence-electron chi connectivity index (χ2n) is 7.99. The van der Waals surface area contributed by atoms with Gasteiger partial charge in [0.15, 0.2) is 0 Å². The van der Waals surface area contributed by atoms with E-state index in [1.165, 1.54) is 24.3 Å².